The molecule has 1 heterocycles. The second kappa shape index (κ2) is 4.86. The van der Waals surface area contributed by atoms with E-state index in [1.165, 1.54) is 16.7 Å². The highest BCUT2D eigenvalue weighted by molar-refractivity contribution is 8.14. The molecule has 0 radical (unpaired) electrons. The maximum absolute atomic E-state index is 4.42. The smallest absolute Gasteiger partial charge is 0.126 e. The third-order valence-corrected chi connectivity index (χ3v) is 4.08. The van der Waals surface area contributed by atoms with E-state index in [1.54, 1.807) is 11.8 Å². The van der Waals surface area contributed by atoms with Crippen molar-refractivity contribution in [2.24, 2.45) is 5.10 Å². The van der Waals surface area contributed by atoms with Crippen molar-refractivity contribution < 1.29 is 0 Å². The first-order valence-electron chi connectivity index (χ1n) is 5.95. The van der Waals surface area contributed by atoms with Crippen molar-refractivity contribution >= 4 is 16.8 Å². The number of nitrogens with one attached hydrogen (secondary N) is 1. The molecule has 2 aromatic rings. The summed E-state index contributed by atoms with van der Waals surface area (Å²) in [5.74, 6) is 0. The number of hydrazone groups is 1. The molecule has 2 aromatic carbocycles. The summed E-state index contributed by atoms with van der Waals surface area (Å²) < 4.78 is 0. The molecule has 0 aliphatic carbocycles. The molecule has 1 atom stereocenters. The number of rotatable bonds is 2. The zero-order chi connectivity index (χ0) is 12.4. The van der Waals surface area contributed by atoms with E-state index in [2.05, 4.69) is 66.0 Å². The van der Waals surface area contributed by atoms with Crippen LogP contribution >= 0.6 is 11.8 Å². The molecule has 0 saturated carbocycles. The van der Waals surface area contributed by atoms with E-state index in [4.69, 9.17) is 0 Å². The highest BCUT2D eigenvalue weighted by Gasteiger charge is 2.21. The Hall–Kier alpha value is -1.74. The Balaban J connectivity index is 1.77. The highest BCUT2D eigenvalue weighted by atomic mass is 32.2. The van der Waals surface area contributed by atoms with Gasteiger partial charge < -0.3 is 0 Å². The Labute approximate surface area is 111 Å². The fourth-order valence-electron chi connectivity index (χ4n) is 1.88. The van der Waals surface area contributed by atoms with E-state index in [0.717, 1.165) is 5.04 Å². The van der Waals surface area contributed by atoms with Gasteiger partial charge in [-0.05, 0) is 12.5 Å². The summed E-state index contributed by atoms with van der Waals surface area (Å²) in [6.45, 7) is 2.10. The van der Waals surface area contributed by atoms with Crippen LogP contribution in [0.1, 0.15) is 22.1 Å². The summed E-state index contributed by atoms with van der Waals surface area (Å²) in [7, 11) is 0. The average molecular weight is 254 g/mol. The van der Waals surface area contributed by atoms with E-state index in [1.807, 2.05) is 6.07 Å². The molecule has 1 aliphatic heterocycles. The number of hydrogen-bond acceptors (Lipinski definition) is 3. The summed E-state index contributed by atoms with van der Waals surface area (Å²) in [5.41, 5.74) is 6.90. The minimum atomic E-state index is 0.225. The second-order valence-corrected chi connectivity index (χ2v) is 5.41. The molecule has 0 amide bonds. The van der Waals surface area contributed by atoms with Crippen LogP contribution in [0.4, 0.5) is 0 Å². The zero-order valence-corrected chi connectivity index (χ0v) is 10.9. The number of hydrogen-bond donors (Lipinski definition) is 1. The number of benzene rings is 2. The molecule has 1 N–H and O–H groups in total. The van der Waals surface area contributed by atoms with Crippen molar-refractivity contribution in [3.8, 4) is 0 Å². The monoisotopic (exact) mass is 254 g/mol. The Bertz CT molecular complexity index is 561. The SMILES string of the molecule is Cc1ccc(C2=NNC(c3ccccc3)S2)cc1. The minimum Gasteiger partial charge on any atom is -0.291 e. The van der Waals surface area contributed by atoms with Crippen LogP contribution < -0.4 is 5.43 Å². The molecule has 18 heavy (non-hydrogen) atoms. The van der Waals surface area contributed by atoms with Gasteiger partial charge in [-0.1, -0.05) is 71.9 Å². The first kappa shape index (κ1) is 11.4. The average Bonchev–Trinajstić information content (AvgIpc) is 2.90. The van der Waals surface area contributed by atoms with E-state index >= 15 is 0 Å². The van der Waals surface area contributed by atoms with Gasteiger partial charge in [-0.3, -0.25) is 5.43 Å². The largest absolute Gasteiger partial charge is 0.291 e. The predicted octanol–water partition coefficient (Wildman–Crippen LogP) is 3.69. The Morgan fingerprint density at radius 1 is 1.00 bits per heavy atom. The molecule has 2 nitrogen and oxygen atoms in total. The summed E-state index contributed by atoms with van der Waals surface area (Å²) in [4.78, 5) is 0. The van der Waals surface area contributed by atoms with Crippen molar-refractivity contribution in [2.75, 3.05) is 0 Å². The summed E-state index contributed by atoms with van der Waals surface area (Å²) >= 11 is 1.76. The Morgan fingerprint density at radius 2 is 1.72 bits per heavy atom. The van der Waals surface area contributed by atoms with Crippen molar-refractivity contribution in [1.82, 2.24) is 5.43 Å². The summed E-state index contributed by atoms with van der Waals surface area (Å²) in [6.07, 6.45) is 0. The van der Waals surface area contributed by atoms with Crippen molar-refractivity contribution in [1.29, 1.82) is 0 Å². The number of aryl methyl sites for hydroxylation is 1. The maximum atomic E-state index is 4.42. The normalized spacial score (nSPS) is 18.3. The van der Waals surface area contributed by atoms with Crippen molar-refractivity contribution in [3.63, 3.8) is 0 Å². The topological polar surface area (TPSA) is 24.4 Å². The van der Waals surface area contributed by atoms with Crippen LogP contribution in [0.25, 0.3) is 0 Å². The third-order valence-electron chi connectivity index (χ3n) is 2.91. The third kappa shape index (κ3) is 2.27. The first-order valence-corrected chi connectivity index (χ1v) is 6.83. The molecule has 0 saturated heterocycles. The van der Waals surface area contributed by atoms with Gasteiger partial charge in [0.25, 0.3) is 0 Å². The lowest BCUT2D eigenvalue weighted by molar-refractivity contribution is 0.744. The van der Waals surface area contributed by atoms with Crippen LogP contribution in [-0.4, -0.2) is 5.04 Å². The van der Waals surface area contributed by atoms with Crippen LogP contribution in [0, 0.1) is 6.92 Å². The maximum Gasteiger partial charge on any atom is 0.126 e. The Morgan fingerprint density at radius 3 is 2.44 bits per heavy atom. The molecule has 1 aliphatic rings. The van der Waals surface area contributed by atoms with E-state index in [-0.39, 0.29) is 5.37 Å². The molecule has 3 heteroatoms. The minimum absolute atomic E-state index is 0.225. The molecule has 0 aromatic heterocycles. The second-order valence-electron chi connectivity index (χ2n) is 4.32. The van der Waals surface area contributed by atoms with Crippen LogP contribution in [0.5, 0.6) is 0 Å². The van der Waals surface area contributed by atoms with E-state index in [9.17, 15) is 0 Å². The quantitative estimate of drug-likeness (QED) is 0.884. The molecule has 0 fully saturated rings. The van der Waals surface area contributed by atoms with Gasteiger partial charge in [0.1, 0.15) is 10.4 Å². The molecule has 1 unspecified atom stereocenters. The summed E-state index contributed by atoms with van der Waals surface area (Å²) in [5, 5.41) is 5.71. The molecular weight excluding hydrogens is 240 g/mol. The standard InChI is InChI=1S/C15H14N2S/c1-11-7-9-13(10-8-11)15-17-16-14(18-15)12-5-3-2-4-6-12/h2-10,14,16H,1H3. The predicted molar refractivity (Wildman–Crippen MR) is 77.6 cm³/mol. The van der Waals surface area contributed by atoms with Gasteiger partial charge in [0.05, 0.1) is 0 Å². The van der Waals surface area contributed by atoms with Gasteiger partial charge in [-0.2, -0.15) is 5.10 Å². The van der Waals surface area contributed by atoms with Gasteiger partial charge in [0.15, 0.2) is 0 Å². The molecule has 0 bridgehead atoms. The summed E-state index contributed by atoms with van der Waals surface area (Å²) in [6, 6.07) is 18.9. The molecule has 90 valence electrons. The van der Waals surface area contributed by atoms with Gasteiger partial charge in [-0.25, -0.2) is 0 Å². The van der Waals surface area contributed by atoms with Gasteiger partial charge >= 0.3 is 0 Å². The number of nitrogens with zero attached hydrogens (tertiary/aromatic N) is 1. The van der Waals surface area contributed by atoms with Crippen LogP contribution in [0.2, 0.25) is 0 Å². The van der Waals surface area contributed by atoms with Crippen molar-refractivity contribution in [2.45, 2.75) is 12.3 Å². The molecule has 0 spiro atoms. The molecular formula is C15H14N2S. The van der Waals surface area contributed by atoms with Crippen LogP contribution in [-0.2, 0) is 0 Å². The highest BCUT2D eigenvalue weighted by Crippen LogP contribution is 2.33. The van der Waals surface area contributed by atoms with E-state index < -0.39 is 0 Å². The Kier molecular flexibility index (Phi) is 3.07. The number of thioether (sulfide) groups is 1. The van der Waals surface area contributed by atoms with Gasteiger partial charge in [-0.15, -0.1) is 0 Å². The lowest BCUT2D eigenvalue weighted by atomic mass is 10.2. The van der Waals surface area contributed by atoms with E-state index in [0.29, 0.717) is 0 Å². The first-order chi connectivity index (χ1) is 8.83. The van der Waals surface area contributed by atoms with Gasteiger partial charge in [0, 0.05) is 5.56 Å². The lowest BCUT2D eigenvalue weighted by Gasteiger charge is -2.08. The fourth-order valence-corrected chi connectivity index (χ4v) is 2.88. The van der Waals surface area contributed by atoms with Crippen molar-refractivity contribution in [3.05, 3.63) is 71.3 Å². The van der Waals surface area contributed by atoms with Crippen LogP contribution in [0.15, 0.2) is 59.7 Å². The fraction of sp³-hybridized carbons (Fsp3) is 0.133. The zero-order valence-electron chi connectivity index (χ0n) is 10.1. The van der Waals surface area contributed by atoms with Crippen LogP contribution in [0.3, 0.4) is 0 Å². The van der Waals surface area contributed by atoms with Gasteiger partial charge in [0.2, 0.25) is 0 Å². The molecule has 3 rings (SSSR count). The lowest BCUT2D eigenvalue weighted by Crippen LogP contribution is -2.05.